The number of rotatable bonds is 6. The quantitative estimate of drug-likeness (QED) is 0.486. The average Bonchev–Trinajstić information content (AvgIpc) is 3.26. The highest BCUT2D eigenvalue weighted by atomic mass is 19.4. The van der Waals surface area contributed by atoms with Gasteiger partial charge in [0.15, 0.2) is 11.6 Å². The molecule has 1 aliphatic rings. The minimum absolute atomic E-state index is 0.0510. The summed E-state index contributed by atoms with van der Waals surface area (Å²) < 4.78 is 39.7. The largest absolute Gasteiger partial charge is 0.417 e. The third-order valence-electron chi connectivity index (χ3n) is 7.19. The van der Waals surface area contributed by atoms with Crippen LogP contribution in [0.5, 0.6) is 0 Å². The molecule has 0 spiro atoms. The number of aromatic nitrogens is 4. The second kappa shape index (κ2) is 9.47. The lowest BCUT2D eigenvalue weighted by Crippen LogP contribution is -2.40. The van der Waals surface area contributed by atoms with Gasteiger partial charge in [0.1, 0.15) is 0 Å². The third kappa shape index (κ3) is 4.88. The van der Waals surface area contributed by atoms with Crippen LogP contribution in [0.1, 0.15) is 71.9 Å². The van der Waals surface area contributed by atoms with Crippen molar-refractivity contribution in [2.75, 3.05) is 0 Å². The van der Waals surface area contributed by atoms with E-state index in [4.69, 9.17) is 0 Å². The number of carbonyl (C=O) groups is 1. The van der Waals surface area contributed by atoms with Crippen LogP contribution in [0.2, 0.25) is 0 Å². The summed E-state index contributed by atoms with van der Waals surface area (Å²) in [5.74, 6) is -0.0456. The summed E-state index contributed by atoms with van der Waals surface area (Å²) in [7, 11) is 0. The molecule has 3 aromatic rings. The van der Waals surface area contributed by atoms with Gasteiger partial charge in [-0.15, -0.1) is 0 Å². The van der Waals surface area contributed by atoms with Crippen LogP contribution in [0.15, 0.2) is 42.9 Å². The van der Waals surface area contributed by atoms with Crippen molar-refractivity contribution in [3.63, 3.8) is 0 Å². The fourth-order valence-electron chi connectivity index (χ4n) is 4.61. The highest BCUT2D eigenvalue weighted by Gasteiger charge is 2.43. The maximum atomic E-state index is 12.9. The summed E-state index contributed by atoms with van der Waals surface area (Å²) in [6, 6.07) is 8.07. The number of nitriles is 1. The van der Waals surface area contributed by atoms with Crippen LogP contribution < -0.4 is 0 Å². The molecule has 0 amide bonds. The molecule has 1 fully saturated rings. The van der Waals surface area contributed by atoms with Crippen molar-refractivity contribution in [2.45, 2.75) is 69.6 Å². The van der Waals surface area contributed by atoms with Crippen LogP contribution in [0.3, 0.4) is 0 Å². The van der Waals surface area contributed by atoms with Crippen LogP contribution in [-0.4, -0.2) is 36.2 Å². The molecule has 0 aromatic carbocycles. The maximum Gasteiger partial charge on any atom is 0.417 e. The van der Waals surface area contributed by atoms with Crippen molar-refractivity contribution in [2.24, 2.45) is 0 Å². The summed E-state index contributed by atoms with van der Waals surface area (Å²) in [4.78, 5) is 21.3. The fraction of sp³-hybridized carbons (Fsp3) is 0.423. The molecule has 7 nitrogen and oxygen atoms in total. The van der Waals surface area contributed by atoms with Crippen molar-refractivity contribution in [1.82, 2.24) is 19.7 Å². The average molecular weight is 498 g/mol. The van der Waals surface area contributed by atoms with E-state index in [0.29, 0.717) is 54.6 Å². The van der Waals surface area contributed by atoms with Gasteiger partial charge in [0.2, 0.25) is 0 Å². The van der Waals surface area contributed by atoms with E-state index in [1.54, 1.807) is 25.3 Å². The number of halogens is 3. The van der Waals surface area contributed by atoms with E-state index in [-0.39, 0.29) is 18.0 Å². The second-order valence-electron chi connectivity index (χ2n) is 9.38. The number of hydrogen-bond donors (Lipinski definition) is 1. The fourth-order valence-corrected chi connectivity index (χ4v) is 4.61. The van der Waals surface area contributed by atoms with Crippen molar-refractivity contribution in [3.05, 3.63) is 70.9 Å². The van der Waals surface area contributed by atoms with Crippen LogP contribution >= 0.6 is 0 Å². The zero-order chi connectivity index (χ0) is 26.1. The zero-order valence-corrected chi connectivity index (χ0v) is 20.0. The van der Waals surface area contributed by atoms with Crippen LogP contribution in [0.25, 0.3) is 5.82 Å². The molecule has 1 N–H and O–H groups in total. The molecule has 0 unspecified atom stereocenters. The van der Waals surface area contributed by atoms with Gasteiger partial charge < -0.3 is 5.11 Å². The lowest BCUT2D eigenvalue weighted by molar-refractivity contribution is -0.137. The lowest BCUT2D eigenvalue weighted by atomic mass is 9.67. The van der Waals surface area contributed by atoms with E-state index in [1.807, 2.05) is 6.92 Å². The van der Waals surface area contributed by atoms with Gasteiger partial charge in [-0.3, -0.25) is 9.78 Å². The van der Waals surface area contributed by atoms with Gasteiger partial charge in [-0.05, 0) is 62.8 Å². The Kier molecular flexibility index (Phi) is 6.71. The topological polar surface area (TPSA) is 105 Å². The first-order chi connectivity index (χ1) is 17.0. The zero-order valence-electron chi connectivity index (χ0n) is 20.0. The molecule has 0 aliphatic heterocycles. The normalized spacial score (nSPS) is 22.2. The Hall–Kier alpha value is -3.58. The SMILES string of the molecule is CCC1(O)CCC(C#N)(c2ccc(CC(=O)c3cnn(-c4ccc(C(F)(F)F)cn4)c3C)cn2)CC1. The van der Waals surface area contributed by atoms with E-state index >= 15 is 0 Å². The van der Waals surface area contributed by atoms with Gasteiger partial charge in [-0.2, -0.15) is 23.5 Å². The third-order valence-corrected chi connectivity index (χ3v) is 7.19. The van der Waals surface area contributed by atoms with E-state index < -0.39 is 22.8 Å². The number of nitrogens with zero attached hydrogens (tertiary/aromatic N) is 5. The molecule has 3 aromatic heterocycles. The first kappa shape index (κ1) is 25.5. The van der Waals surface area contributed by atoms with Crippen LogP contribution in [0, 0.1) is 18.3 Å². The molecule has 1 saturated carbocycles. The Morgan fingerprint density at radius 3 is 2.36 bits per heavy atom. The smallest absolute Gasteiger partial charge is 0.390 e. The monoisotopic (exact) mass is 497 g/mol. The summed E-state index contributed by atoms with van der Waals surface area (Å²) in [6.45, 7) is 3.59. The molecular formula is C26H26F3N5O2. The predicted molar refractivity (Wildman–Crippen MR) is 124 cm³/mol. The maximum absolute atomic E-state index is 12.9. The first-order valence-electron chi connectivity index (χ1n) is 11.7. The number of ketones is 1. The Labute approximate surface area is 206 Å². The van der Waals surface area contributed by atoms with Gasteiger partial charge in [0.05, 0.1) is 45.8 Å². The van der Waals surface area contributed by atoms with Gasteiger partial charge in [-0.25, -0.2) is 9.67 Å². The van der Waals surface area contributed by atoms with Crippen molar-refractivity contribution >= 4 is 5.78 Å². The molecule has 3 heterocycles. The number of hydrogen-bond acceptors (Lipinski definition) is 6. The summed E-state index contributed by atoms with van der Waals surface area (Å²) in [5, 5.41) is 24.5. The standard InChI is InChI=1S/C26H26F3N5O2/c1-3-25(36)10-8-24(16-30,9-11-25)22-6-4-18(13-31-22)12-21(35)20-15-33-34(17(20)2)23-7-5-19(14-32-23)26(27,28)29/h4-7,13-15,36H,3,8-12H2,1-2H3. The van der Waals surface area contributed by atoms with Crippen LogP contribution in [0.4, 0.5) is 13.2 Å². The molecule has 0 radical (unpaired) electrons. The van der Waals surface area contributed by atoms with E-state index in [0.717, 1.165) is 12.3 Å². The molecule has 36 heavy (non-hydrogen) atoms. The summed E-state index contributed by atoms with van der Waals surface area (Å²) in [6.07, 6.45) is 2.03. The molecule has 0 atom stereocenters. The molecule has 0 saturated heterocycles. The Morgan fingerprint density at radius 1 is 1.11 bits per heavy atom. The predicted octanol–water partition coefficient (Wildman–Crippen LogP) is 4.89. The minimum Gasteiger partial charge on any atom is -0.390 e. The van der Waals surface area contributed by atoms with E-state index in [9.17, 15) is 28.3 Å². The number of Topliss-reactive ketones (excluding diaryl/α,β-unsaturated/α-hetero) is 1. The molecule has 10 heteroatoms. The minimum atomic E-state index is -4.49. The molecular weight excluding hydrogens is 471 g/mol. The molecule has 4 rings (SSSR count). The molecule has 188 valence electrons. The van der Waals surface area contributed by atoms with Gasteiger partial charge in [0, 0.05) is 18.8 Å². The Balaban J connectivity index is 1.47. The number of carbonyl (C=O) groups excluding carboxylic acids is 1. The van der Waals surface area contributed by atoms with Gasteiger partial charge in [-0.1, -0.05) is 13.0 Å². The van der Waals surface area contributed by atoms with Crippen molar-refractivity contribution < 1.29 is 23.1 Å². The highest BCUT2D eigenvalue weighted by Crippen LogP contribution is 2.43. The van der Waals surface area contributed by atoms with E-state index in [1.165, 1.54) is 16.9 Å². The van der Waals surface area contributed by atoms with Gasteiger partial charge >= 0.3 is 6.18 Å². The molecule has 1 aliphatic carbocycles. The van der Waals surface area contributed by atoms with Crippen molar-refractivity contribution in [3.8, 4) is 11.9 Å². The summed E-state index contributed by atoms with van der Waals surface area (Å²) >= 11 is 0. The Morgan fingerprint density at radius 2 is 1.83 bits per heavy atom. The first-order valence-corrected chi connectivity index (χ1v) is 11.7. The Bertz CT molecular complexity index is 1280. The number of aliphatic hydroxyl groups is 1. The van der Waals surface area contributed by atoms with Crippen LogP contribution in [-0.2, 0) is 18.0 Å². The number of alkyl halides is 3. The van der Waals surface area contributed by atoms with Crippen molar-refractivity contribution in [1.29, 1.82) is 5.26 Å². The number of pyridine rings is 2. The van der Waals surface area contributed by atoms with Gasteiger partial charge in [0.25, 0.3) is 0 Å². The molecule has 0 bridgehead atoms. The van der Waals surface area contributed by atoms with E-state index in [2.05, 4.69) is 21.1 Å². The summed E-state index contributed by atoms with van der Waals surface area (Å²) in [5.41, 5.74) is -0.252. The second-order valence-corrected chi connectivity index (χ2v) is 9.38. The highest BCUT2D eigenvalue weighted by molar-refractivity contribution is 5.98. The lowest BCUT2D eigenvalue weighted by Gasteiger charge is -2.39.